The number of hydrogen-bond donors (Lipinski definition) is 1. The molecule has 0 bridgehead atoms. The summed E-state index contributed by atoms with van der Waals surface area (Å²) in [6.07, 6.45) is -0.345. The summed E-state index contributed by atoms with van der Waals surface area (Å²) in [7, 11) is 0. The van der Waals surface area contributed by atoms with Gasteiger partial charge in [-0.15, -0.1) is 0 Å². The second kappa shape index (κ2) is 6.66. The molecule has 0 saturated heterocycles. The van der Waals surface area contributed by atoms with Gasteiger partial charge < -0.3 is 5.11 Å². The molecule has 1 N–H and O–H groups in total. The first kappa shape index (κ1) is 13.2. The quantitative estimate of drug-likeness (QED) is 0.778. The molecule has 1 atom stereocenters. The van der Waals surface area contributed by atoms with Crippen molar-refractivity contribution in [2.75, 3.05) is 13.1 Å². The Morgan fingerprint density at radius 2 is 2.00 bits per heavy atom. The van der Waals surface area contributed by atoms with Gasteiger partial charge in [-0.05, 0) is 20.8 Å². The maximum atomic E-state index is 9.22. The van der Waals surface area contributed by atoms with Gasteiger partial charge in [0.15, 0.2) is 0 Å². The van der Waals surface area contributed by atoms with Crippen molar-refractivity contribution in [3.63, 3.8) is 0 Å². The molecule has 0 fully saturated rings. The van der Waals surface area contributed by atoms with Crippen LogP contribution in [-0.2, 0) is 0 Å². The lowest BCUT2D eigenvalue weighted by Crippen LogP contribution is -2.37. The van der Waals surface area contributed by atoms with E-state index in [9.17, 15) is 5.11 Å². The average Bonchev–Trinajstić information content (AvgIpc) is 2.02. The van der Waals surface area contributed by atoms with Gasteiger partial charge in [0.05, 0.1) is 6.10 Å². The largest absolute Gasteiger partial charge is 0.392 e. The zero-order chi connectivity index (χ0) is 10.4. The first-order valence-corrected chi connectivity index (χ1v) is 5.15. The van der Waals surface area contributed by atoms with Crippen molar-refractivity contribution < 1.29 is 5.11 Å². The van der Waals surface area contributed by atoms with E-state index in [4.69, 9.17) is 23.2 Å². The van der Waals surface area contributed by atoms with Crippen molar-refractivity contribution in [1.82, 2.24) is 4.90 Å². The highest BCUT2D eigenvalue weighted by molar-refractivity contribution is 6.36. The van der Waals surface area contributed by atoms with E-state index in [2.05, 4.69) is 18.7 Å². The van der Waals surface area contributed by atoms with Crippen molar-refractivity contribution >= 4 is 23.2 Å². The third-order valence-corrected chi connectivity index (χ3v) is 2.31. The molecule has 13 heavy (non-hydrogen) atoms. The maximum Gasteiger partial charge on any atom is 0.0639 e. The fourth-order valence-electron chi connectivity index (χ4n) is 1.03. The smallest absolute Gasteiger partial charge is 0.0639 e. The van der Waals surface area contributed by atoms with Crippen LogP contribution in [0.5, 0.6) is 0 Å². The molecule has 0 aliphatic rings. The molecule has 0 spiro atoms. The van der Waals surface area contributed by atoms with Gasteiger partial charge in [-0.25, -0.2) is 0 Å². The van der Waals surface area contributed by atoms with Crippen molar-refractivity contribution in [3.05, 3.63) is 10.6 Å². The Hall–Kier alpha value is 0.240. The first-order chi connectivity index (χ1) is 5.97. The molecule has 1 unspecified atom stereocenters. The lowest BCUT2D eigenvalue weighted by Gasteiger charge is -2.27. The Balaban J connectivity index is 4.10. The molecule has 0 saturated carbocycles. The van der Waals surface area contributed by atoms with E-state index in [1.807, 2.05) is 0 Å². The SMILES string of the molecule is CC(O)CN(CC(Cl)=CCl)C(C)C. The summed E-state index contributed by atoms with van der Waals surface area (Å²) in [5, 5.41) is 9.81. The van der Waals surface area contributed by atoms with Gasteiger partial charge >= 0.3 is 0 Å². The molecule has 4 heteroatoms. The van der Waals surface area contributed by atoms with Crippen LogP contribution in [0.1, 0.15) is 20.8 Å². The predicted octanol–water partition coefficient (Wildman–Crippen LogP) is 2.40. The molecule has 0 amide bonds. The van der Waals surface area contributed by atoms with Crippen LogP contribution < -0.4 is 0 Å². The number of aliphatic hydroxyl groups is 1. The maximum absolute atomic E-state index is 9.22. The van der Waals surface area contributed by atoms with Gasteiger partial charge in [0.1, 0.15) is 0 Å². The Morgan fingerprint density at radius 1 is 1.46 bits per heavy atom. The molecule has 0 aromatic heterocycles. The van der Waals surface area contributed by atoms with Gasteiger partial charge in [0.25, 0.3) is 0 Å². The van der Waals surface area contributed by atoms with Crippen LogP contribution in [0.3, 0.4) is 0 Å². The van der Waals surface area contributed by atoms with Crippen molar-refractivity contribution in [2.45, 2.75) is 32.9 Å². The molecule has 2 nitrogen and oxygen atoms in total. The van der Waals surface area contributed by atoms with Crippen molar-refractivity contribution in [3.8, 4) is 0 Å². The molecule has 0 radical (unpaired) electrons. The Bertz CT molecular complexity index is 169. The third kappa shape index (κ3) is 6.33. The predicted molar refractivity (Wildman–Crippen MR) is 58.2 cm³/mol. The topological polar surface area (TPSA) is 23.5 Å². The second-order valence-electron chi connectivity index (χ2n) is 3.43. The van der Waals surface area contributed by atoms with E-state index >= 15 is 0 Å². The monoisotopic (exact) mass is 225 g/mol. The molecule has 0 aliphatic carbocycles. The summed E-state index contributed by atoms with van der Waals surface area (Å²) >= 11 is 11.2. The molecule has 78 valence electrons. The summed E-state index contributed by atoms with van der Waals surface area (Å²) in [4.78, 5) is 2.06. The highest BCUT2D eigenvalue weighted by Gasteiger charge is 2.12. The lowest BCUT2D eigenvalue weighted by molar-refractivity contribution is 0.115. The van der Waals surface area contributed by atoms with Crippen molar-refractivity contribution in [2.24, 2.45) is 0 Å². The van der Waals surface area contributed by atoms with E-state index < -0.39 is 0 Å². The van der Waals surface area contributed by atoms with Crippen molar-refractivity contribution in [1.29, 1.82) is 0 Å². The van der Waals surface area contributed by atoms with E-state index in [-0.39, 0.29) is 6.10 Å². The van der Waals surface area contributed by atoms with E-state index in [1.165, 1.54) is 5.54 Å². The van der Waals surface area contributed by atoms with Gasteiger partial charge in [0, 0.05) is 29.7 Å². The zero-order valence-electron chi connectivity index (χ0n) is 8.30. The van der Waals surface area contributed by atoms with Crippen LogP contribution in [0.4, 0.5) is 0 Å². The summed E-state index contributed by atoms with van der Waals surface area (Å²) in [6.45, 7) is 7.07. The molecule has 0 aromatic carbocycles. The molecule has 0 aromatic rings. The minimum atomic E-state index is -0.345. The van der Waals surface area contributed by atoms with Gasteiger partial charge in [-0.1, -0.05) is 23.2 Å². The number of halogens is 2. The molecular weight excluding hydrogens is 209 g/mol. The van der Waals surface area contributed by atoms with E-state index in [0.29, 0.717) is 24.2 Å². The Morgan fingerprint density at radius 3 is 2.31 bits per heavy atom. The van der Waals surface area contributed by atoms with Crippen LogP contribution in [0.15, 0.2) is 10.6 Å². The van der Waals surface area contributed by atoms with E-state index in [0.717, 1.165) is 0 Å². The first-order valence-electron chi connectivity index (χ1n) is 4.34. The lowest BCUT2D eigenvalue weighted by atomic mass is 10.2. The average molecular weight is 226 g/mol. The number of nitrogens with zero attached hydrogens (tertiary/aromatic N) is 1. The number of aliphatic hydroxyl groups excluding tert-OH is 1. The van der Waals surface area contributed by atoms with Gasteiger partial charge in [-0.3, -0.25) is 4.90 Å². The number of rotatable bonds is 5. The molecule has 0 rings (SSSR count). The van der Waals surface area contributed by atoms with Crippen LogP contribution in [0.2, 0.25) is 0 Å². The van der Waals surface area contributed by atoms with Crippen LogP contribution >= 0.6 is 23.2 Å². The van der Waals surface area contributed by atoms with Crippen LogP contribution in [0.25, 0.3) is 0 Å². The molecule has 0 heterocycles. The normalized spacial score (nSPS) is 15.5. The fourth-order valence-corrected chi connectivity index (χ4v) is 1.25. The van der Waals surface area contributed by atoms with Gasteiger partial charge in [0.2, 0.25) is 0 Å². The van der Waals surface area contributed by atoms with Crippen LogP contribution in [0, 0.1) is 0 Å². The summed E-state index contributed by atoms with van der Waals surface area (Å²) in [5.41, 5.74) is 1.36. The Kier molecular flexibility index (Phi) is 6.78. The highest BCUT2D eigenvalue weighted by atomic mass is 35.5. The molecular formula is C9H17Cl2NO. The minimum absolute atomic E-state index is 0.345. The van der Waals surface area contributed by atoms with Crippen LogP contribution in [-0.4, -0.2) is 35.2 Å². The number of hydrogen-bond acceptors (Lipinski definition) is 2. The third-order valence-electron chi connectivity index (χ3n) is 1.70. The highest BCUT2D eigenvalue weighted by Crippen LogP contribution is 2.09. The fraction of sp³-hybridized carbons (Fsp3) is 0.778. The molecule has 0 aliphatic heterocycles. The zero-order valence-corrected chi connectivity index (χ0v) is 9.81. The summed E-state index contributed by atoms with van der Waals surface area (Å²) in [5.74, 6) is 0. The standard InChI is InChI=1S/C9H17Cl2NO/c1-7(2)12(5-8(3)13)6-9(11)4-10/h4,7-8,13H,5-6H2,1-3H3. The second-order valence-corrected chi connectivity index (χ2v) is 4.13. The Labute approximate surface area is 90.1 Å². The summed E-state index contributed by atoms with van der Waals surface area (Å²) < 4.78 is 0. The van der Waals surface area contributed by atoms with Gasteiger partial charge in [-0.2, -0.15) is 0 Å². The van der Waals surface area contributed by atoms with E-state index in [1.54, 1.807) is 6.92 Å². The minimum Gasteiger partial charge on any atom is -0.392 e. The summed E-state index contributed by atoms with van der Waals surface area (Å²) in [6, 6.07) is 0.347.